The second kappa shape index (κ2) is 12.6. The fourth-order valence-electron chi connectivity index (χ4n) is 5.25. The van der Waals surface area contributed by atoms with Gasteiger partial charge in [-0.3, -0.25) is 14.6 Å². The Bertz CT molecular complexity index is 1350. The Morgan fingerprint density at radius 3 is 1.73 bits per heavy atom. The number of benzene rings is 4. The molecule has 0 radical (unpaired) electrons. The van der Waals surface area contributed by atoms with Gasteiger partial charge in [-0.05, 0) is 70.7 Å². The van der Waals surface area contributed by atoms with Crippen LogP contribution in [0.5, 0.6) is 0 Å². The van der Waals surface area contributed by atoms with E-state index in [-0.39, 0.29) is 6.04 Å². The molecule has 0 amide bonds. The van der Waals surface area contributed by atoms with E-state index in [1.54, 1.807) is 0 Å². The summed E-state index contributed by atoms with van der Waals surface area (Å²) >= 11 is 0. The number of hydrogen-bond acceptors (Lipinski definition) is 4. The number of aldehydes is 1. The lowest BCUT2D eigenvalue weighted by Crippen LogP contribution is -2.42. The van der Waals surface area contributed by atoms with Gasteiger partial charge in [-0.25, -0.2) is 0 Å². The zero-order chi connectivity index (χ0) is 26.2. The number of aliphatic carboxylic acids is 1. The van der Waals surface area contributed by atoms with E-state index in [4.69, 9.17) is 0 Å². The first kappa shape index (κ1) is 26.5. The van der Waals surface area contributed by atoms with Gasteiger partial charge in [0.15, 0.2) is 0 Å². The molecule has 4 aromatic rings. The average molecular weight is 497 g/mol. The number of carbonyl (C=O) groups is 2. The Labute approximate surface area is 219 Å². The van der Waals surface area contributed by atoms with Gasteiger partial charge in [0.05, 0.1) is 6.04 Å². The first-order valence-electron chi connectivity index (χ1n) is 13.2. The number of rotatable bonds is 13. The topological polar surface area (TPSA) is 60.9 Å². The molecule has 0 spiro atoms. The van der Waals surface area contributed by atoms with Crippen LogP contribution in [0.4, 0.5) is 0 Å². The maximum absolute atomic E-state index is 12.5. The molecule has 0 heterocycles. The van der Waals surface area contributed by atoms with Crippen LogP contribution in [-0.4, -0.2) is 53.3 Å². The minimum absolute atomic E-state index is 0.378. The highest BCUT2D eigenvalue weighted by molar-refractivity contribution is 5.85. The first-order valence-corrected chi connectivity index (χ1v) is 13.2. The second-order valence-electron chi connectivity index (χ2n) is 9.61. The van der Waals surface area contributed by atoms with Gasteiger partial charge >= 0.3 is 5.97 Å². The summed E-state index contributed by atoms with van der Waals surface area (Å²) in [6, 6.07) is 27.1. The van der Waals surface area contributed by atoms with Crippen molar-refractivity contribution >= 4 is 33.8 Å². The fraction of sp³-hybridized carbons (Fsp3) is 0.312. The predicted octanol–water partition coefficient (Wildman–Crippen LogP) is 6.48. The number of hydrogen-bond donors (Lipinski definition) is 1. The van der Waals surface area contributed by atoms with Gasteiger partial charge in [0.25, 0.3) is 0 Å². The molecule has 0 aliphatic rings. The van der Waals surface area contributed by atoms with Gasteiger partial charge in [-0.1, -0.05) is 86.6 Å². The van der Waals surface area contributed by atoms with E-state index < -0.39 is 12.0 Å². The molecule has 0 aliphatic heterocycles. The SMILES string of the molecule is CCCN(CCN(CCC)C(C(=O)O)c1ccc2ccccc2c1)C(C=O)c1ccc2ccccc2c1. The van der Waals surface area contributed by atoms with Crippen molar-refractivity contribution in [3.8, 4) is 0 Å². The Morgan fingerprint density at radius 1 is 0.703 bits per heavy atom. The van der Waals surface area contributed by atoms with E-state index in [0.29, 0.717) is 19.6 Å². The zero-order valence-electron chi connectivity index (χ0n) is 21.7. The molecule has 0 fully saturated rings. The van der Waals surface area contributed by atoms with E-state index in [9.17, 15) is 14.7 Å². The van der Waals surface area contributed by atoms with Gasteiger partial charge in [0, 0.05) is 13.1 Å². The van der Waals surface area contributed by atoms with Gasteiger partial charge in [-0.15, -0.1) is 0 Å². The van der Waals surface area contributed by atoms with Gasteiger partial charge in [0.1, 0.15) is 12.3 Å². The lowest BCUT2D eigenvalue weighted by molar-refractivity contribution is -0.143. The summed E-state index contributed by atoms with van der Waals surface area (Å²) in [6.07, 6.45) is 2.76. The number of nitrogens with zero attached hydrogens (tertiary/aromatic N) is 2. The quantitative estimate of drug-likeness (QED) is 0.215. The number of fused-ring (bicyclic) bond motifs is 2. The Hall–Kier alpha value is -3.54. The molecule has 5 heteroatoms. The molecule has 0 aromatic heterocycles. The van der Waals surface area contributed by atoms with Crippen LogP contribution >= 0.6 is 0 Å². The standard InChI is InChI=1S/C32H36N2O3/c1-3-17-33(30(23-35)28-15-13-24-9-5-7-11-26(24)21-28)19-20-34(18-4-2)31(32(36)37)29-16-14-25-10-6-8-12-27(25)22-29/h5-16,21-23,30-31H,3-4,17-20H2,1-2H3,(H,36,37). The van der Waals surface area contributed by atoms with Crippen LogP contribution in [0, 0.1) is 0 Å². The Kier molecular flexibility index (Phi) is 9.04. The Balaban J connectivity index is 1.59. The normalized spacial score (nSPS) is 13.3. The van der Waals surface area contributed by atoms with E-state index in [1.807, 2.05) is 65.6 Å². The highest BCUT2D eigenvalue weighted by Crippen LogP contribution is 2.27. The van der Waals surface area contributed by atoms with Crippen molar-refractivity contribution in [1.82, 2.24) is 9.80 Å². The van der Waals surface area contributed by atoms with E-state index in [1.165, 1.54) is 0 Å². The molecule has 0 saturated heterocycles. The fourth-order valence-corrected chi connectivity index (χ4v) is 5.25. The van der Waals surface area contributed by atoms with Crippen LogP contribution in [0.1, 0.15) is 49.9 Å². The summed E-state index contributed by atoms with van der Waals surface area (Å²) < 4.78 is 0. The molecule has 5 nitrogen and oxygen atoms in total. The summed E-state index contributed by atoms with van der Waals surface area (Å²) in [4.78, 5) is 29.1. The van der Waals surface area contributed by atoms with Crippen molar-refractivity contribution in [2.24, 2.45) is 0 Å². The second-order valence-corrected chi connectivity index (χ2v) is 9.61. The zero-order valence-corrected chi connectivity index (χ0v) is 21.7. The third kappa shape index (κ3) is 6.24. The molecule has 37 heavy (non-hydrogen) atoms. The summed E-state index contributed by atoms with van der Waals surface area (Å²) in [5.41, 5.74) is 1.75. The molecule has 1 N–H and O–H groups in total. The third-order valence-electron chi connectivity index (χ3n) is 7.02. The highest BCUT2D eigenvalue weighted by atomic mass is 16.4. The summed E-state index contributed by atoms with van der Waals surface area (Å²) in [6.45, 7) is 6.74. The van der Waals surface area contributed by atoms with Gasteiger partial charge in [0.2, 0.25) is 0 Å². The monoisotopic (exact) mass is 496 g/mol. The summed E-state index contributed by atoms with van der Waals surface area (Å²) in [7, 11) is 0. The lowest BCUT2D eigenvalue weighted by atomic mass is 10.00. The molecule has 4 rings (SSSR count). The maximum atomic E-state index is 12.5. The Morgan fingerprint density at radius 2 is 1.19 bits per heavy atom. The molecule has 192 valence electrons. The van der Waals surface area contributed by atoms with Gasteiger partial charge < -0.3 is 9.90 Å². The third-order valence-corrected chi connectivity index (χ3v) is 7.02. The van der Waals surface area contributed by atoms with Crippen LogP contribution in [0.2, 0.25) is 0 Å². The van der Waals surface area contributed by atoms with E-state index in [0.717, 1.165) is 58.3 Å². The van der Waals surface area contributed by atoms with E-state index in [2.05, 4.69) is 43.0 Å². The van der Waals surface area contributed by atoms with Crippen molar-refractivity contribution in [3.63, 3.8) is 0 Å². The minimum atomic E-state index is -0.854. The van der Waals surface area contributed by atoms with Crippen molar-refractivity contribution in [1.29, 1.82) is 0 Å². The van der Waals surface area contributed by atoms with Crippen molar-refractivity contribution in [2.75, 3.05) is 26.2 Å². The molecule has 4 aromatic carbocycles. The number of carboxylic acids is 1. The highest BCUT2D eigenvalue weighted by Gasteiger charge is 2.28. The smallest absolute Gasteiger partial charge is 0.325 e. The summed E-state index contributed by atoms with van der Waals surface area (Å²) in [5.74, 6) is -0.854. The van der Waals surface area contributed by atoms with Crippen molar-refractivity contribution < 1.29 is 14.7 Å². The maximum Gasteiger partial charge on any atom is 0.325 e. The van der Waals surface area contributed by atoms with Crippen molar-refractivity contribution in [3.05, 3.63) is 96.1 Å². The average Bonchev–Trinajstić information content (AvgIpc) is 2.91. The van der Waals surface area contributed by atoms with Crippen LogP contribution in [-0.2, 0) is 9.59 Å². The molecular formula is C32H36N2O3. The first-order chi connectivity index (χ1) is 18.0. The van der Waals surface area contributed by atoms with Crippen LogP contribution in [0.25, 0.3) is 21.5 Å². The van der Waals surface area contributed by atoms with E-state index >= 15 is 0 Å². The molecular weight excluding hydrogens is 460 g/mol. The largest absolute Gasteiger partial charge is 0.480 e. The van der Waals surface area contributed by atoms with Crippen molar-refractivity contribution in [2.45, 2.75) is 38.8 Å². The summed E-state index contributed by atoms with van der Waals surface area (Å²) in [5, 5.41) is 14.7. The van der Waals surface area contributed by atoms with Crippen LogP contribution in [0.3, 0.4) is 0 Å². The molecule has 2 atom stereocenters. The molecule has 0 aliphatic carbocycles. The minimum Gasteiger partial charge on any atom is -0.480 e. The number of carbonyl (C=O) groups excluding carboxylic acids is 1. The molecule has 0 bridgehead atoms. The molecule has 2 unspecified atom stereocenters. The predicted molar refractivity (Wildman–Crippen MR) is 151 cm³/mol. The van der Waals surface area contributed by atoms with Crippen LogP contribution in [0.15, 0.2) is 84.9 Å². The van der Waals surface area contributed by atoms with Crippen LogP contribution < -0.4 is 0 Å². The number of carboxylic acid groups (broad SMARTS) is 1. The van der Waals surface area contributed by atoms with Gasteiger partial charge in [-0.2, -0.15) is 0 Å². The lowest BCUT2D eigenvalue weighted by Gasteiger charge is -2.34. The molecule has 0 saturated carbocycles.